The van der Waals surface area contributed by atoms with Gasteiger partial charge in [-0.2, -0.15) is 13.2 Å². The Morgan fingerprint density at radius 1 is 1.32 bits per heavy atom. The first-order valence-corrected chi connectivity index (χ1v) is 5.89. The van der Waals surface area contributed by atoms with Crippen molar-refractivity contribution in [1.29, 1.82) is 0 Å². The Morgan fingerprint density at radius 3 is 2.63 bits per heavy atom. The zero-order chi connectivity index (χ0) is 13.9. The van der Waals surface area contributed by atoms with E-state index in [1.165, 1.54) is 0 Å². The number of rotatable bonds is 3. The number of hydrazine groups is 1. The van der Waals surface area contributed by atoms with E-state index in [-0.39, 0.29) is 17.7 Å². The highest BCUT2D eigenvalue weighted by molar-refractivity contribution is 5.49. The standard InChI is InChI=1S/C11H15F3N4O/c12-11(13,14)7-4-9(17-10(5-7)18-15)16-8-2-1-3-19-6-8/h4-5,8H,1-3,6,15H2,(H2,16,17,18). The van der Waals surface area contributed by atoms with Gasteiger partial charge < -0.3 is 15.5 Å². The molecule has 0 bridgehead atoms. The molecule has 0 saturated carbocycles. The van der Waals surface area contributed by atoms with Crippen LogP contribution in [-0.2, 0) is 10.9 Å². The van der Waals surface area contributed by atoms with Crippen molar-refractivity contribution >= 4 is 11.6 Å². The Morgan fingerprint density at radius 2 is 2.05 bits per heavy atom. The monoisotopic (exact) mass is 276 g/mol. The predicted molar refractivity (Wildman–Crippen MR) is 64.5 cm³/mol. The van der Waals surface area contributed by atoms with Crippen LogP contribution in [0.2, 0.25) is 0 Å². The van der Waals surface area contributed by atoms with Gasteiger partial charge in [-0.1, -0.05) is 0 Å². The third kappa shape index (κ3) is 3.71. The number of pyridine rings is 1. The van der Waals surface area contributed by atoms with Crippen LogP contribution >= 0.6 is 0 Å². The Labute approximate surface area is 108 Å². The number of nitrogens with one attached hydrogen (secondary N) is 2. The molecule has 1 aromatic rings. The van der Waals surface area contributed by atoms with Gasteiger partial charge in [0, 0.05) is 6.61 Å². The number of ether oxygens (including phenoxy) is 1. The first-order chi connectivity index (χ1) is 8.99. The van der Waals surface area contributed by atoms with Gasteiger partial charge in [-0.05, 0) is 25.0 Å². The van der Waals surface area contributed by atoms with Crippen LogP contribution in [0.4, 0.5) is 24.8 Å². The average molecular weight is 276 g/mol. The number of anilines is 2. The van der Waals surface area contributed by atoms with Gasteiger partial charge in [0.2, 0.25) is 0 Å². The molecule has 0 spiro atoms. The molecule has 5 nitrogen and oxygen atoms in total. The molecule has 1 unspecified atom stereocenters. The van der Waals surface area contributed by atoms with Crippen LogP contribution in [0.3, 0.4) is 0 Å². The summed E-state index contributed by atoms with van der Waals surface area (Å²) in [7, 11) is 0. The number of alkyl halides is 3. The van der Waals surface area contributed by atoms with Gasteiger partial charge in [0.1, 0.15) is 11.6 Å². The molecule has 106 valence electrons. The fraction of sp³-hybridized carbons (Fsp3) is 0.545. The number of aromatic nitrogens is 1. The molecular weight excluding hydrogens is 261 g/mol. The summed E-state index contributed by atoms with van der Waals surface area (Å²) in [6.45, 7) is 1.15. The topological polar surface area (TPSA) is 72.2 Å². The summed E-state index contributed by atoms with van der Waals surface area (Å²) in [6.07, 6.45) is -2.73. The lowest BCUT2D eigenvalue weighted by Crippen LogP contribution is -2.30. The fourth-order valence-electron chi connectivity index (χ4n) is 1.91. The van der Waals surface area contributed by atoms with Gasteiger partial charge in [-0.25, -0.2) is 10.8 Å². The zero-order valence-electron chi connectivity index (χ0n) is 10.1. The average Bonchev–Trinajstić information content (AvgIpc) is 2.38. The van der Waals surface area contributed by atoms with Gasteiger partial charge in [0.25, 0.3) is 0 Å². The molecule has 1 aliphatic heterocycles. The van der Waals surface area contributed by atoms with Crippen LogP contribution in [0.5, 0.6) is 0 Å². The SMILES string of the molecule is NNc1cc(C(F)(F)F)cc(NC2CCCOC2)n1. The highest BCUT2D eigenvalue weighted by Gasteiger charge is 2.32. The maximum Gasteiger partial charge on any atom is 0.416 e. The number of nitrogens with zero attached hydrogens (tertiary/aromatic N) is 1. The fourth-order valence-corrected chi connectivity index (χ4v) is 1.91. The molecule has 4 N–H and O–H groups in total. The molecule has 0 radical (unpaired) electrons. The van der Waals surface area contributed by atoms with Crippen molar-refractivity contribution in [2.75, 3.05) is 24.0 Å². The molecule has 0 aliphatic carbocycles. The third-order valence-electron chi connectivity index (χ3n) is 2.81. The Balaban J connectivity index is 2.19. The highest BCUT2D eigenvalue weighted by Crippen LogP contribution is 2.32. The summed E-state index contributed by atoms with van der Waals surface area (Å²) < 4.78 is 43.4. The summed E-state index contributed by atoms with van der Waals surface area (Å²) >= 11 is 0. The lowest BCUT2D eigenvalue weighted by molar-refractivity contribution is -0.137. The molecule has 1 saturated heterocycles. The molecule has 0 amide bonds. The normalized spacial score (nSPS) is 20.1. The second-order valence-electron chi connectivity index (χ2n) is 4.33. The number of halogens is 3. The van der Waals surface area contributed by atoms with Crippen LogP contribution in [0, 0.1) is 0 Å². The molecule has 1 atom stereocenters. The molecular formula is C11H15F3N4O. The van der Waals surface area contributed by atoms with Crippen LogP contribution < -0.4 is 16.6 Å². The van der Waals surface area contributed by atoms with Crippen LogP contribution in [-0.4, -0.2) is 24.2 Å². The Kier molecular flexibility index (Phi) is 4.11. The van der Waals surface area contributed by atoms with Crippen molar-refractivity contribution < 1.29 is 17.9 Å². The predicted octanol–water partition coefficient (Wildman–Crippen LogP) is 1.98. The molecule has 19 heavy (non-hydrogen) atoms. The minimum atomic E-state index is -4.44. The largest absolute Gasteiger partial charge is 0.416 e. The molecule has 1 aromatic heterocycles. The van der Waals surface area contributed by atoms with E-state index >= 15 is 0 Å². The lowest BCUT2D eigenvalue weighted by atomic mass is 10.1. The number of hydrogen-bond acceptors (Lipinski definition) is 5. The summed E-state index contributed by atoms with van der Waals surface area (Å²) in [5, 5.41) is 2.94. The Hall–Kier alpha value is -1.54. The summed E-state index contributed by atoms with van der Waals surface area (Å²) in [4.78, 5) is 3.96. The van der Waals surface area contributed by atoms with Crippen molar-refractivity contribution in [1.82, 2.24) is 4.98 Å². The molecule has 2 heterocycles. The number of nitrogens with two attached hydrogens (primary N) is 1. The van der Waals surface area contributed by atoms with E-state index in [0.29, 0.717) is 13.2 Å². The number of nitrogen functional groups attached to an aromatic ring is 1. The highest BCUT2D eigenvalue weighted by atomic mass is 19.4. The smallest absolute Gasteiger partial charge is 0.379 e. The van der Waals surface area contributed by atoms with Gasteiger partial charge in [0.05, 0.1) is 18.2 Å². The van der Waals surface area contributed by atoms with Crippen LogP contribution in [0.25, 0.3) is 0 Å². The van der Waals surface area contributed by atoms with E-state index < -0.39 is 11.7 Å². The van der Waals surface area contributed by atoms with Gasteiger partial charge in [-0.3, -0.25) is 0 Å². The lowest BCUT2D eigenvalue weighted by Gasteiger charge is -2.24. The summed E-state index contributed by atoms with van der Waals surface area (Å²) in [5.74, 6) is 5.24. The van der Waals surface area contributed by atoms with Crippen molar-refractivity contribution in [3.05, 3.63) is 17.7 Å². The van der Waals surface area contributed by atoms with E-state index in [0.717, 1.165) is 25.0 Å². The molecule has 0 aromatic carbocycles. The van der Waals surface area contributed by atoms with E-state index in [1.807, 2.05) is 0 Å². The zero-order valence-corrected chi connectivity index (χ0v) is 10.1. The van der Waals surface area contributed by atoms with Crippen molar-refractivity contribution in [2.24, 2.45) is 5.84 Å². The quantitative estimate of drug-likeness (QED) is 0.581. The molecule has 1 fully saturated rings. The summed E-state index contributed by atoms with van der Waals surface area (Å²) in [6, 6.07) is 1.80. The molecule has 2 rings (SSSR count). The van der Waals surface area contributed by atoms with Gasteiger partial charge >= 0.3 is 6.18 Å². The molecule has 8 heteroatoms. The first-order valence-electron chi connectivity index (χ1n) is 5.89. The van der Waals surface area contributed by atoms with E-state index in [2.05, 4.69) is 15.7 Å². The van der Waals surface area contributed by atoms with E-state index in [1.54, 1.807) is 0 Å². The van der Waals surface area contributed by atoms with Crippen molar-refractivity contribution in [3.8, 4) is 0 Å². The van der Waals surface area contributed by atoms with Crippen molar-refractivity contribution in [3.63, 3.8) is 0 Å². The van der Waals surface area contributed by atoms with Gasteiger partial charge in [0.15, 0.2) is 0 Å². The van der Waals surface area contributed by atoms with Gasteiger partial charge in [-0.15, -0.1) is 0 Å². The maximum absolute atomic E-state index is 12.7. The minimum Gasteiger partial charge on any atom is -0.379 e. The van der Waals surface area contributed by atoms with E-state index in [9.17, 15) is 13.2 Å². The van der Waals surface area contributed by atoms with E-state index in [4.69, 9.17) is 10.6 Å². The third-order valence-corrected chi connectivity index (χ3v) is 2.81. The van der Waals surface area contributed by atoms with Crippen LogP contribution in [0.15, 0.2) is 12.1 Å². The number of hydrogen-bond donors (Lipinski definition) is 3. The molecule has 1 aliphatic rings. The second-order valence-corrected chi connectivity index (χ2v) is 4.33. The first kappa shape index (κ1) is 13.9. The van der Waals surface area contributed by atoms with Crippen LogP contribution in [0.1, 0.15) is 18.4 Å². The second kappa shape index (κ2) is 5.62. The van der Waals surface area contributed by atoms with Crippen molar-refractivity contribution in [2.45, 2.75) is 25.1 Å². The summed E-state index contributed by atoms with van der Waals surface area (Å²) in [5.41, 5.74) is 1.34. The Bertz CT molecular complexity index is 432. The maximum atomic E-state index is 12.7. The minimum absolute atomic E-state index is 0.0321.